The first-order chi connectivity index (χ1) is 13.6. The van der Waals surface area contributed by atoms with Gasteiger partial charge in [-0.1, -0.05) is 36.4 Å². The molecule has 28 heavy (non-hydrogen) atoms. The molecule has 6 heteroatoms. The molecule has 1 N–H and O–H groups in total. The zero-order valence-corrected chi connectivity index (χ0v) is 16.6. The molecule has 1 aromatic heterocycles. The van der Waals surface area contributed by atoms with Gasteiger partial charge in [-0.25, -0.2) is 0 Å². The molecule has 1 aliphatic rings. The number of aryl methyl sites for hydroxylation is 1. The maximum atomic E-state index is 13.2. The molecule has 2 amide bonds. The van der Waals surface area contributed by atoms with Crippen molar-refractivity contribution in [1.29, 1.82) is 0 Å². The number of fused-ring (bicyclic) bond motifs is 1. The van der Waals surface area contributed by atoms with E-state index in [9.17, 15) is 9.59 Å². The molecule has 2 aromatic carbocycles. The lowest BCUT2D eigenvalue weighted by molar-refractivity contribution is -0.119. The van der Waals surface area contributed by atoms with Crippen LogP contribution in [0.1, 0.15) is 21.6 Å². The van der Waals surface area contributed by atoms with E-state index in [1.54, 1.807) is 22.9 Å². The summed E-state index contributed by atoms with van der Waals surface area (Å²) >= 11 is 1.58. The number of aromatic nitrogens is 1. The summed E-state index contributed by atoms with van der Waals surface area (Å²) in [6.45, 7) is 4.00. The number of hydrogen-bond acceptors (Lipinski definition) is 4. The van der Waals surface area contributed by atoms with Crippen LogP contribution in [0.2, 0.25) is 0 Å². The topological polar surface area (TPSA) is 62.3 Å². The third-order valence-electron chi connectivity index (χ3n) is 5.18. The summed E-state index contributed by atoms with van der Waals surface area (Å²) in [6.07, 6.45) is 1.64. The second kappa shape index (κ2) is 7.64. The van der Waals surface area contributed by atoms with Gasteiger partial charge in [0.05, 0.1) is 5.88 Å². The number of anilines is 1. The highest BCUT2D eigenvalue weighted by Gasteiger charge is 2.36. The van der Waals surface area contributed by atoms with Crippen LogP contribution in [0.4, 0.5) is 5.69 Å². The number of carbonyl (C=O) groups is 2. The molecule has 1 aliphatic heterocycles. The van der Waals surface area contributed by atoms with E-state index in [1.807, 2.05) is 62.4 Å². The number of benzene rings is 2. The Bertz CT molecular complexity index is 1060. The van der Waals surface area contributed by atoms with Crippen LogP contribution in [0.5, 0.6) is 0 Å². The molecule has 0 saturated carbocycles. The number of carbonyl (C=O) groups excluding carboxylic acids is 2. The molecule has 0 aliphatic carbocycles. The second-order valence-corrected chi connectivity index (χ2v) is 7.91. The minimum atomic E-state index is -0.516. The van der Waals surface area contributed by atoms with Crippen LogP contribution in [-0.2, 0) is 4.79 Å². The lowest BCUT2D eigenvalue weighted by Gasteiger charge is -2.23. The molecule has 2 heterocycles. The van der Waals surface area contributed by atoms with Gasteiger partial charge in [0.2, 0.25) is 5.91 Å². The lowest BCUT2D eigenvalue weighted by Crippen LogP contribution is -2.44. The predicted octanol–water partition coefficient (Wildman–Crippen LogP) is 4.01. The lowest BCUT2D eigenvalue weighted by atomic mass is 10.1. The van der Waals surface area contributed by atoms with Crippen molar-refractivity contribution in [3.63, 3.8) is 0 Å². The molecular formula is C22H21N3O2S. The van der Waals surface area contributed by atoms with Gasteiger partial charge in [0.1, 0.15) is 11.7 Å². The van der Waals surface area contributed by atoms with E-state index < -0.39 is 6.04 Å². The summed E-state index contributed by atoms with van der Waals surface area (Å²) in [7, 11) is 0. The van der Waals surface area contributed by atoms with Crippen molar-refractivity contribution in [2.45, 2.75) is 19.9 Å². The molecule has 1 fully saturated rings. The van der Waals surface area contributed by atoms with Gasteiger partial charge in [-0.3, -0.25) is 14.6 Å². The van der Waals surface area contributed by atoms with E-state index >= 15 is 0 Å². The number of amides is 2. The molecular weight excluding hydrogens is 370 g/mol. The summed E-state index contributed by atoms with van der Waals surface area (Å²) in [4.78, 5) is 32.1. The summed E-state index contributed by atoms with van der Waals surface area (Å²) < 4.78 is 0. The number of thioether (sulfide) groups is 1. The van der Waals surface area contributed by atoms with Crippen molar-refractivity contribution >= 4 is 40.0 Å². The molecule has 142 valence electrons. The third-order valence-corrected chi connectivity index (χ3v) is 6.20. The van der Waals surface area contributed by atoms with E-state index in [4.69, 9.17) is 0 Å². The van der Waals surface area contributed by atoms with Gasteiger partial charge in [-0.15, -0.1) is 11.8 Å². The van der Waals surface area contributed by atoms with Gasteiger partial charge < -0.3 is 10.2 Å². The smallest absolute Gasteiger partial charge is 0.274 e. The average Bonchev–Trinajstić information content (AvgIpc) is 3.20. The van der Waals surface area contributed by atoms with Gasteiger partial charge in [-0.05, 0) is 42.5 Å². The SMILES string of the molecule is Cc1cccc(NC(=O)[C@H]2CSCN2C(=O)c2nccc3ccccc23)c1C. The average molecular weight is 391 g/mol. The van der Waals surface area contributed by atoms with Crippen LogP contribution >= 0.6 is 11.8 Å². The quantitative estimate of drug-likeness (QED) is 0.733. The monoisotopic (exact) mass is 391 g/mol. The maximum Gasteiger partial charge on any atom is 0.274 e. The summed E-state index contributed by atoms with van der Waals surface area (Å²) in [5, 5.41) is 4.77. The van der Waals surface area contributed by atoms with Crippen LogP contribution in [0.25, 0.3) is 10.8 Å². The van der Waals surface area contributed by atoms with E-state index in [0.717, 1.165) is 27.6 Å². The number of rotatable bonds is 3. The van der Waals surface area contributed by atoms with E-state index in [-0.39, 0.29) is 11.8 Å². The summed E-state index contributed by atoms with van der Waals surface area (Å²) in [5.41, 5.74) is 3.34. The number of nitrogens with zero attached hydrogens (tertiary/aromatic N) is 2. The number of hydrogen-bond donors (Lipinski definition) is 1. The highest BCUT2D eigenvalue weighted by Crippen LogP contribution is 2.27. The predicted molar refractivity (Wildman–Crippen MR) is 114 cm³/mol. The molecule has 4 rings (SSSR count). The fraction of sp³-hybridized carbons (Fsp3) is 0.227. The van der Waals surface area contributed by atoms with E-state index in [2.05, 4.69) is 10.3 Å². The maximum absolute atomic E-state index is 13.2. The highest BCUT2D eigenvalue weighted by atomic mass is 32.2. The van der Waals surface area contributed by atoms with E-state index in [1.165, 1.54) is 0 Å². The third kappa shape index (κ3) is 3.36. The Morgan fingerprint density at radius 3 is 2.79 bits per heavy atom. The Kier molecular flexibility index (Phi) is 5.05. The summed E-state index contributed by atoms with van der Waals surface area (Å²) in [5.74, 6) is 0.692. The fourth-order valence-corrected chi connectivity index (χ4v) is 4.54. The van der Waals surface area contributed by atoms with Gasteiger partial charge >= 0.3 is 0 Å². The van der Waals surface area contributed by atoms with Crippen LogP contribution in [-0.4, -0.2) is 39.4 Å². The van der Waals surface area contributed by atoms with Gasteiger partial charge in [0.25, 0.3) is 5.91 Å². The zero-order valence-electron chi connectivity index (χ0n) is 15.8. The molecule has 0 bridgehead atoms. The number of pyridine rings is 1. The van der Waals surface area contributed by atoms with Crippen molar-refractivity contribution in [3.8, 4) is 0 Å². The summed E-state index contributed by atoms with van der Waals surface area (Å²) in [6, 6.07) is 14.9. The Balaban J connectivity index is 1.60. The van der Waals surface area contributed by atoms with Crippen molar-refractivity contribution in [3.05, 3.63) is 71.5 Å². The van der Waals surface area contributed by atoms with Crippen LogP contribution < -0.4 is 5.32 Å². The molecule has 5 nitrogen and oxygen atoms in total. The van der Waals surface area contributed by atoms with Gasteiger partial charge in [0.15, 0.2) is 0 Å². The van der Waals surface area contributed by atoms with Gasteiger partial charge in [0, 0.05) is 23.0 Å². The second-order valence-electron chi connectivity index (χ2n) is 6.91. The fourth-order valence-electron chi connectivity index (χ4n) is 3.39. The normalized spacial score (nSPS) is 16.4. The molecule has 0 spiro atoms. The first-order valence-corrected chi connectivity index (χ1v) is 10.3. The molecule has 0 unspecified atom stereocenters. The van der Waals surface area contributed by atoms with Crippen molar-refractivity contribution in [2.75, 3.05) is 16.9 Å². The molecule has 1 saturated heterocycles. The molecule has 3 aromatic rings. The van der Waals surface area contributed by atoms with E-state index in [0.29, 0.717) is 17.3 Å². The molecule has 1 atom stereocenters. The van der Waals surface area contributed by atoms with Crippen molar-refractivity contribution < 1.29 is 9.59 Å². The van der Waals surface area contributed by atoms with Crippen LogP contribution in [0, 0.1) is 13.8 Å². The Hall–Kier alpha value is -2.86. The van der Waals surface area contributed by atoms with Gasteiger partial charge in [-0.2, -0.15) is 0 Å². The van der Waals surface area contributed by atoms with Crippen molar-refractivity contribution in [2.24, 2.45) is 0 Å². The standard InChI is InChI=1S/C22H21N3O2S/c1-14-6-5-9-18(15(14)2)24-21(26)19-12-28-13-25(19)22(27)20-17-8-4-3-7-16(17)10-11-23-20/h3-11,19H,12-13H2,1-2H3,(H,24,26)/t19-/m1/s1. The minimum absolute atomic E-state index is 0.160. The Morgan fingerprint density at radius 1 is 1.11 bits per heavy atom. The highest BCUT2D eigenvalue weighted by molar-refractivity contribution is 7.99. The van der Waals surface area contributed by atoms with Crippen LogP contribution in [0.15, 0.2) is 54.7 Å². The Labute approximate surface area is 168 Å². The largest absolute Gasteiger partial charge is 0.324 e. The minimum Gasteiger partial charge on any atom is -0.324 e. The Morgan fingerprint density at radius 2 is 1.93 bits per heavy atom. The van der Waals surface area contributed by atoms with Crippen molar-refractivity contribution in [1.82, 2.24) is 9.88 Å². The zero-order chi connectivity index (χ0) is 19.7. The molecule has 0 radical (unpaired) electrons. The first kappa shape index (κ1) is 18.5. The first-order valence-electron chi connectivity index (χ1n) is 9.16. The van der Waals surface area contributed by atoms with Crippen LogP contribution in [0.3, 0.4) is 0 Å². The number of nitrogens with one attached hydrogen (secondary N) is 1.